The van der Waals surface area contributed by atoms with Crippen molar-refractivity contribution in [2.75, 3.05) is 12.3 Å². The third-order valence-corrected chi connectivity index (χ3v) is 3.20. The maximum atomic E-state index is 11.2. The normalized spacial score (nSPS) is 11.2. The molecular weight excluding hydrogens is 236 g/mol. The van der Waals surface area contributed by atoms with Crippen LogP contribution in [0.2, 0.25) is 0 Å². The predicted molar refractivity (Wildman–Crippen MR) is 57.1 cm³/mol. The van der Waals surface area contributed by atoms with Crippen molar-refractivity contribution in [1.82, 2.24) is 4.72 Å². The van der Waals surface area contributed by atoms with E-state index in [2.05, 4.69) is 4.72 Å². The van der Waals surface area contributed by atoms with Gasteiger partial charge in [-0.2, -0.15) is 0 Å². The number of carboxylic acids is 1. The van der Waals surface area contributed by atoms with Gasteiger partial charge in [0.1, 0.15) is 0 Å². The average Bonchev–Trinajstić information content (AvgIpc) is 2.11. The van der Waals surface area contributed by atoms with Gasteiger partial charge in [-0.15, -0.1) is 0 Å². The van der Waals surface area contributed by atoms with Crippen LogP contribution in [0.25, 0.3) is 0 Å². The van der Waals surface area contributed by atoms with E-state index in [1.807, 2.05) is 0 Å². The molecule has 0 aliphatic rings. The first-order chi connectivity index (χ1) is 7.33. The number of carbonyl (C=O) groups excluding carboxylic acids is 1. The Morgan fingerprint density at radius 3 is 2.31 bits per heavy atom. The zero-order valence-electron chi connectivity index (χ0n) is 8.81. The Labute approximate surface area is 94.1 Å². The van der Waals surface area contributed by atoms with Gasteiger partial charge in [0.05, 0.1) is 5.75 Å². The topological polar surface area (TPSA) is 127 Å². The molecule has 0 saturated heterocycles. The lowest BCUT2D eigenvalue weighted by Crippen LogP contribution is -2.28. The molecular formula is C8H16N2O5S. The van der Waals surface area contributed by atoms with Gasteiger partial charge >= 0.3 is 5.97 Å². The van der Waals surface area contributed by atoms with Crippen LogP contribution < -0.4 is 10.5 Å². The molecule has 1 amide bonds. The summed E-state index contributed by atoms with van der Waals surface area (Å²) in [5, 5.41) is 8.32. The van der Waals surface area contributed by atoms with E-state index in [4.69, 9.17) is 10.8 Å². The maximum absolute atomic E-state index is 11.2. The SMILES string of the molecule is NC(=O)CCCNS(=O)(=O)CCCC(=O)O. The molecule has 8 heteroatoms. The molecule has 0 saturated carbocycles. The molecule has 0 bridgehead atoms. The summed E-state index contributed by atoms with van der Waals surface area (Å²) in [7, 11) is -3.44. The number of primary amides is 1. The van der Waals surface area contributed by atoms with Crippen LogP contribution in [0.3, 0.4) is 0 Å². The van der Waals surface area contributed by atoms with Crippen molar-refractivity contribution in [3.63, 3.8) is 0 Å². The monoisotopic (exact) mass is 252 g/mol. The molecule has 0 aliphatic carbocycles. The third kappa shape index (κ3) is 9.41. The van der Waals surface area contributed by atoms with E-state index in [1.165, 1.54) is 0 Å². The average molecular weight is 252 g/mol. The molecule has 0 radical (unpaired) electrons. The predicted octanol–water partition coefficient (Wildman–Crippen LogP) is -0.964. The Bertz CT molecular complexity index is 338. The van der Waals surface area contributed by atoms with Crippen molar-refractivity contribution in [3.05, 3.63) is 0 Å². The summed E-state index contributed by atoms with van der Waals surface area (Å²) in [6.07, 6.45) is 0.355. The number of carboxylic acid groups (broad SMARTS) is 1. The molecule has 0 aliphatic heterocycles. The van der Waals surface area contributed by atoms with Gasteiger partial charge in [-0.1, -0.05) is 0 Å². The minimum Gasteiger partial charge on any atom is -0.481 e. The van der Waals surface area contributed by atoms with Gasteiger partial charge in [0.15, 0.2) is 0 Å². The Morgan fingerprint density at radius 1 is 1.19 bits per heavy atom. The zero-order chi connectivity index (χ0) is 12.6. The van der Waals surface area contributed by atoms with Crippen LogP contribution in [0.4, 0.5) is 0 Å². The summed E-state index contributed by atoms with van der Waals surface area (Å²) in [6.45, 7) is 0.137. The van der Waals surface area contributed by atoms with E-state index in [1.54, 1.807) is 0 Å². The van der Waals surface area contributed by atoms with Crippen LogP contribution in [0.1, 0.15) is 25.7 Å². The van der Waals surface area contributed by atoms with Crippen LogP contribution in [0.5, 0.6) is 0 Å². The van der Waals surface area contributed by atoms with E-state index >= 15 is 0 Å². The smallest absolute Gasteiger partial charge is 0.303 e. The number of aliphatic carboxylic acids is 1. The first kappa shape index (κ1) is 14.8. The van der Waals surface area contributed by atoms with Crippen molar-refractivity contribution in [3.8, 4) is 0 Å². The number of hydrogen-bond donors (Lipinski definition) is 3. The zero-order valence-corrected chi connectivity index (χ0v) is 9.62. The fourth-order valence-corrected chi connectivity index (χ4v) is 2.10. The molecule has 4 N–H and O–H groups in total. The Morgan fingerprint density at radius 2 is 1.81 bits per heavy atom. The largest absolute Gasteiger partial charge is 0.481 e. The minimum atomic E-state index is -3.44. The van der Waals surface area contributed by atoms with Crippen LogP contribution in [0, 0.1) is 0 Å². The van der Waals surface area contributed by atoms with Crippen LogP contribution in [0.15, 0.2) is 0 Å². The Hall–Kier alpha value is -1.15. The van der Waals surface area contributed by atoms with E-state index < -0.39 is 21.9 Å². The molecule has 7 nitrogen and oxygen atoms in total. The van der Waals surface area contributed by atoms with Crippen LogP contribution >= 0.6 is 0 Å². The summed E-state index contributed by atoms with van der Waals surface area (Å²) >= 11 is 0. The number of amides is 1. The number of sulfonamides is 1. The lowest BCUT2D eigenvalue weighted by molar-refractivity contribution is -0.137. The quantitative estimate of drug-likeness (QED) is 0.455. The molecule has 0 heterocycles. The number of nitrogens with two attached hydrogens (primary N) is 1. The Kier molecular flexibility index (Phi) is 6.66. The maximum Gasteiger partial charge on any atom is 0.303 e. The molecule has 0 fully saturated rings. The van der Waals surface area contributed by atoms with Gasteiger partial charge in [-0.05, 0) is 12.8 Å². The van der Waals surface area contributed by atoms with Gasteiger partial charge in [-0.25, -0.2) is 13.1 Å². The second kappa shape index (κ2) is 7.18. The molecule has 94 valence electrons. The van der Waals surface area contributed by atoms with Crippen molar-refractivity contribution in [1.29, 1.82) is 0 Å². The van der Waals surface area contributed by atoms with Crippen molar-refractivity contribution < 1.29 is 23.1 Å². The van der Waals surface area contributed by atoms with Crippen molar-refractivity contribution >= 4 is 21.9 Å². The second-order valence-electron chi connectivity index (χ2n) is 3.28. The molecule has 0 aromatic heterocycles. The summed E-state index contributed by atoms with van der Waals surface area (Å²) in [5.41, 5.74) is 4.87. The standard InChI is InChI=1S/C8H16N2O5S/c9-7(11)3-1-5-10-16(14,15)6-2-4-8(12)13/h10H,1-6H2,(H2,9,11)(H,12,13). The van der Waals surface area contributed by atoms with Gasteiger partial charge in [0.25, 0.3) is 0 Å². The van der Waals surface area contributed by atoms with E-state index in [0.29, 0.717) is 6.42 Å². The second-order valence-corrected chi connectivity index (χ2v) is 5.21. The molecule has 0 spiro atoms. The van der Waals surface area contributed by atoms with Gasteiger partial charge < -0.3 is 10.8 Å². The molecule has 0 unspecified atom stereocenters. The summed E-state index contributed by atoms with van der Waals surface area (Å²) in [6, 6.07) is 0. The van der Waals surface area contributed by atoms with Gasteiger partial charge in [0.2, 0.25) is 15.9 Å². The number of rotatable bonds is 9. The Balaban J connectivity index is 3.70. The number of nitrogens with one attached hydrogen (secondary N) is 1. The van der Waals surface area contributed by atoms with Gasteiger partial charge in [0, 0.05) is 19.4 Å². The molecule has 0 atom stereocenters. The highest BCUT2D eigenvalue weighted by atomic mass is 32.2. The van der Waals surface area contributed by atoms with Crippen molar-refractivity contribution in [2.24, 2.45) is 5.73 Å². The van der Waals surface area contributed by atoms with Crippen LogP contribution in [-0.4, -0.2) is 37.7 Å². The first-order valence-electron chi connectivity index (χ1n) is 4.81. The highest BCUT2D eigenvalue weighted by Gasteiger charge is 2.10. The highest BCUT2D eigenvalue weighted by molar-refractivity contribution is 7.89. The van der Waals surface area contributed by atoms with E-state index in [-0.39, 0.29) is 31.6 Å². The lowest BCUT2D eigenvalue weighted by atomic mass is 10.3. The van der Waals surface area contributed by atoms with E-state index in [0.717, 1.165) is 0 Å². The minimum absolute atomic E-state index is 0.0699. The fraction of sp³-hybridized carbons (Fsp3) is 0.750. The number of carbonyl (C=O) groups is 2. The highest BCUT2D eigenvalue weighted by Crippen LogP contribution is 1.95. The van der Waals surface area contributed by atoms with Crippen LogP contribution in [-0.2, 0) is 19.6 Å². The first-order valence-corrected chi connectivity index (χ1v) is 6.46. The lowest BCUT2D eigenvalue weighted by Gasteiger charge is -2.04. The molecule has 16 heavy (non-hydrogen) atoms. The summed E-state index contributed by atoms with van der Waals surface area (Å²) < 4.78 is 24.7. The summed E-state index contributed by atoms with van der Waals surface area (Å²) in [4.78, 5) is 20.5. The third-order valence-electron chi connectivity index (χ3n) is 1.73. The number of hydrogen-bond acceptors (Lipinski definition) is 4. The van der Waals surface area contributed by atoms with Crippen molar-refractivity contribution in [2.45, 2.75) is 25.7 Å². The fourth-order valence-electron chi connectivity index (χ4n) is 0.976. The van der Waals surface area contributed by atoms with E-state index in [9.17, 15) is 18.0 Å². The molecule has 0 rings (SSSR count). The molecule has 0 aromatic carbocycles. The molecule has 0 aromatic rings. The summed E-state index contributed by atoms with van der Waals surface area (Å²) in [5.74, 6) is -1.73. The van der Waals surface area contributed by atoms with Gasteiger partial charge in [-0.3, -0.25) is 9.59 Å².